The van der Waals surface area contributed by atoms with Gasteiger partial charge >= 0.3 is 5.97 Å². The number of aryl methyl sites for hydroxylation is 1. The topological polar surface area (TPSA) is 96.0 Å². The third-order valence-electron chi connectivity index (χ3n) is 8.95. The van der Waals surface area contributed by atoms with Gasteiger partial charge in [-0.1, -0.05) is 55.3 Å². The van der Waals surface area contributed by atoms with Crippen molar-refractivity contribution in [1.29, 1.82) is 0 Å². The molecule has 1 N–H and O–H groups in total. The highest BCUT2D eigenvalue weighted by molar-refractivity contribution is 7.90. The second kappa shape index (κ2) is 14.4. The first-order valence-electron chi connectivity index (χ1n) is 15.7. The Kier molecular flexibility index (Phi) is 10.6. The van der Waals surface area contributed by atoms with E-state index in [1.54, 1.807) is 24.3 Å². The van der Waals surface area contributed by atoms with E-state index < -0.39 is 15.9 Å². The number of allylic oxidation sites excluding steroid dienone is 1. The van der Waals surface area contributed by atoms with E-state index in [-0.39, 0.29) is 28.3 Å². The van der Waals surface area contributed by atoms with Gasteiger partial charge in [0.25, 0.3) is 15.9 Å². The molecule has 0 radical (unpaired) electrons. The van der Waals surface area contributed by atoms with Crippen LogP contribution in [0.5, 0.6) is 0 Å². The van der Waals surface area contributed by atoms with Crippen LogP contribution in [0.25, 0.3) is 5.57 Å². The first-order valence-corrected chi connectivity index (χ1v) is 17.6. The average molecular weight is 664 g/mol. The van der Waals surface area contributed by atoms with E-state index in [0.29, 0.717) is 6.42 Å². The molecule has 3 aromatic carbocycles. The number of ether oxygens (including phenoxy) is 1. The van der Waals surface area contributed by atoms with Crippen LogP contribution >= 0.6 is 11.6 Å². The Bertz CT molecular complexity index is 1680. The van der Waals surface area contributed by atoms with Crippen molar-refractivity contribution in [3.8, 4) is 0 Å². The largest absolute Gasteiger partial charge is 0.469 e. The smallest absolute Gasteiger partial charge is 0.305 e. The fourth-order valence-electron chi connectivity index (χ4n) is 6.25. The van der Waals surface area contributed by atoms with Crippen molar-refractivity contribution in [3.63, 3.8) is 0 Å². The van der Waals surface area contributed by atoms with Gasteiger partial charge in [0.1, 0.15) is 0 Å². The van der Waals surface area contributed by atoms with E-state index in [0.717, 1.165) is 61.8 Å². The Morgan fingerprint density at radius 2 is 1.57 bits per heavy atom. The van der Waals surface area contributed by atoms with E-state index in [4.69, 9.17) is 11.6 Å². The average Bonchev–Trinajstić information content (AvgIpc) is 3.04. The Hall–Kier alpha value is -3.66. The molecule has 1 aliphatic heterocycles. The van der Waals surface area contributed by atoms with Gasteiger partial charge in [-0.05, 0) is 96.3 Å². The molecule has 1 saturated heterocycles. The maximum absolute atomic E-state index is 12.8. The van der Waals surface area contributed by atoms with Gasteiger partial charge < -0.3 is 9.64 Å². The maximum atomic E-state index is 12.8. The fraction of sp³-hybridized carbons (Fsp3) is 0.389. The van der Waals surface area contributed by atoms with Crippen molar-refractivity contribution in [2.75, 3.05) is 44.7 Å². The Balaban J connectivity index is 1.16. The van der Waals surface area contributed by atoms with E-state index in [1.165, 1.54) is 42.4 Å². The zero-order valence-corrected chi connectivity index (χ0v) is 28.3. The summed E-state index contributed by atoms with van der Waals surface area (Å²) in [6, 6.07) is 21.4. The number of carbonyl (C=O) groups excluding carboxylic acids is 2. The van der Waals surface area contributed by atoms with Gasteiger partial charge in [-0.3, -0.25) is 14.5 Å². The number of amides is 1. The van der Waals surface area contributed by atoms with Gasteiger partial charge in [-0.2, -0.15) is 0 Å². The number of rotatable bonds is 10. The molecule has 0 bridgehead atoms. The van der Waals surface area contributed by atoms with E-state index in [2.05, 4.69) is 45.2 Å². The summed E-state index contributed by atoms with van der Waals surface area (Å²) < 4.78 is 32.5. The van der Waals surface area contributed by atoms with Crippen molar-refractivity contribution in [2.24, 2.45) is 5.41 Å². The summed E-state index contributed by atoms with van der Waals surface area (Å²) in [4.78, 5) is 29.0. The van der Waals surface area contributed by atoms with Crippen molar-refractivity contribution < 1.29 is 22.7 Å². The molecule has 8 nitrogen and oxygen atoms in total. The molecule has 5 rings (SSSR count). The number of sulfonamides is 1. The predicted molar refractivity (Wildman–Crippen MR) is 183 cm³/mol. The van der Waals surface area contributed by atoms with Gasteiger partial charge in [-0.25, -0.2) is 13.1 Å². The molecule has 244 valence electrons. The Labute approximate surface area is 277 Å². The number of hydrogen-bond acceptors (Lipinski definition) is 7. The van der Waals surface area contributed by atoms with Crippen LogP contribution in [-0.2, 0) is 26.0 Å². The highest BCUT2D eigenvalue weighted by atomic mass is 35.5. The molecule has 1 heterocycles. The molecule has 46 heavy (non-hydrogen) atoms. The van der Waals surface area contributed by atoms with E-state index >= 15 is 0 Å². The number of piperazine rings is 1. The van der Waals surface area contributed by atoms with Gasteiger partial charge in [0, 0.05) is 55.4 Å². The second-order valence-electron chi connectivity index (χ2n) is 12.9. The summed E-state index contributed by atoms with van der Waals surface area (Å²) in [5.74, 6) is -1.02. The Morgan fingerprint density at radius 1 is 0.913 bits per heavy atom. The number of benzene rings is 3. The number of nitrogens with zero attached hydrogens (tertiary/aromatic N) is 2. The zero-order chi connectivity index (χ0) is 32.9. The summed E-state index contributed by atoms with van der Waals surface area (Å²) in [5, 5.41) is 0.758. The fourth-order valence-corrected chi connectivity index (χ4v) is 7.35. The number of methoxy groups -OCH3 is 1. The minimum Gasteiger partial charge on any atom is -0.469 e. The first kappa shape index (κ1) is 33.7. The van der Waals surface area contributed by atoms with Crippen molar-refractivity contribution in [1.82, 2.24) is 9.62 Å². The standard InChI is InChI=1S/C36H42ClN3O5S/c1-36(2)19-18-33(27-7-11-30(37)12-8-27)29(24-36)25-39-20-22-40(23-21-39)31-13-9-28(10-14-31)35(42)38-46(43,44)32-15-4-26(5-16-32)6-17-34(41)45-3/h4-5,7-16H,6,17-25H2,1-3H3,(H,38,42). The van der Waals surface area contributed by atoms with Crippen LogP contribution in [0, 0.1) is 5.41 Å². The van der Waals surface area contributed by atoms with Gasteiger partial charge in [0.2, 0.25) is 0 Å². The van der Waals surface area contributed by atoms with Crippen LogP contribution in [-0.4, -0.2) is 65.0 Å². The lowest BCUT2D eigenvalue weighted by Crippen LogP contribution is -2.47. The first-order chi connectivity index (χ1) is 21.9. The molecular formula is C36H42ClN3O5S. The molecule has 3 aromatic rings. The molecule has 1 fully saturated rings. The van der Waals surface area contributed by atoms with Crippen molar-refractivity contribution in [2.45, 2.75) is 50.8 Å². The van der Waals surface area contributed by atoms with Crippen molar-refractivity contribution >= 4 is 44.8 Å². The van der Waals surface area contributed by atoms with Crippen LogP contribution < -0.4 is 9.62 Å². The summed E-state index contributed by atoms with van der Waals surface area (Å²) in [6.45, 7) is 9.26. The molecule has 0 unspecified atom stereocenters. The third kappa shape index (κ3) is 8.57. The maximum Gasteiger partial charge on any atom is 0.305 e. The summed E-state index contributed by atoms with van der Waals surface area (Å²) in [6.07, 6.45) is 3.98. The van der Waals surface area contributed by atoms with Crippen LogP contribution in [0.3, 0.4) is 0 Å². The quantitative estimate of drug-likeness (QED) is 0.253. The van der Waals surface area contributed by atoms with Crippen LogP contribution in [0.2, 0.25) is 5.02 Å². The van der Waals surface area contributed by atoms with Crippen LogP contribution in [0.4, 0.5) is 5.69 Å². The highest BCUT2D eigenvalue weighted by Gasteiger charge is 2.29. The molecule has 0 saturated carbocycles. The highest BCUT2D eigenvalue weighted by Crippen LogP contribution is 2.42. The monoisotopic (exact) mass is 663 g/mol. The molecule has 1 aliphatic carbocycles. The van der Waals surface area contributed by atoms with E-state index in [9.17, 15) is 18.0 Å². The van der Waals surface area contributed by atoms with Crippen LogP contribution in [0.15, 0.2) is 83.3 Å². The number of halogens is 1. The minimum absolute atomic E-state index is 0.0231. The SMILES string of the molecule is COC(=O)CCc1ccc(S(=O)(=O)NC(=O)c2ccc(N3CCN(CC4=C(c5ccc(Cl)cc5)CCC(C)(C)C4)CC3)cc2)cc1. The van der Waals surface area contributed by atoms with Crippen molar-refractivity contribution in [3.05, 3.63) is 100 Å². The molecule has 1 amide bonds. The molecular weight excluding hydrogens is 622 g/mol. The lowest BCUT2D eigenvalue weighted by Gasteiger charge is -2.39. The lowest BCUT2D eigenvalue weighted by molar-refractivity contribution is -0.140. The number of carbonyl (C=O) groups is 2. The molecule has 0 atom stereocenters. The van der Waals surface area contributed by atoms with Gasteiger partial charge in [-0.15, -0.1) is 0 Å². The minimum atomic E-state index is -4.06. The summed E-state index contributed by atoms with van der Waals surface area (Å²) >= 11 is 6.16. The van der Waals surface area contributed by atoms with Crippen LogP contribution in [0.1, 0.15) is 61.0 Å². The predicted octanol–water partition coefficient (Wildman–Crippen LogP) is 6.35. The van der Waals surface area contributed by atoms with Gasteiger partial charge in [0.15, 0.2) is 0 Å². The number of nitrogens with one attached hydrogen (secondary N) is 1. The van der Waals surface area contributed by atoms with E-state index in [1.807, 2.05) is 24.3 Å². The molecule has 0 spiro atoms. The number of hydrogen-bond donors (Lipinski definition) is 1. The number of anilines is 1. The molecule has 2 aliphatic rings. The Morgan fingerprint density at radius 3 is 2.20 bits per heavy atom. The second-order valence-corrected chi connectivity index (χ2v) is 15.0. The normalized spacial score (nSPS) is 17.1. The molecule has 10 heteroatoms. The summed E-state index contributed by atoms with van der Waals surface area (Å²) in [5.41, 5.74) is 6.61. The lowest BCUT2D eigenvalue weighted by atomic mass is 9.73. The third-order valence-corrected chi connectivity index (χ3v) is 10.5. The van der Waals surface area contributed by atoms with Gasteiger partial charge in [0.05, 0.1) is 12.0 Å². The number of esters is 1. The molecule has 0 aromatic heterocycles. The summed E-state index contributed by atoms with van der Waals surface area (Å²) in [7, 11) is -2.73. The zero-order valence-electron chi connectivity index (χ0n) is 26.7.